The summed E-state index contributed by atoms with van der Waals surface area (Å²) in [5.41, 5.74) is 2.53. The van der Waals surface area contributed by atoms with E-state index in [1.165, 1.54) is 0 Å². The Balaban J connectivity index is 1.57. The van der Waals surface area contributed by atoms with E-state index in [1.807, 2.05) is 42.6 Å². The van der Waals surface area contributed by atoms with Crippen LogP contribution >= 0.6 is 11.6 Å². The molecule has 0 amide bonds. The van der Waals surface area contributed by atoms with E-state index in [2.05, 4.69) is 10.1 Å². The number of rotatable bonds is 5. The van der Waals surface area contributed by atoms with E-state index < -0.39 is 5.97 Å². The van der Waals surface area contributed by atoms with Gasteiger partial charge in [0.25, 0.3) is 0 Å². The normalized spacial score (nSPS) is 14.9. The Morgan fingerprint density at radius 3 is 2.79 bits per heavy atom. The molecule has 3 aromatic rings. The molecule has 0 bridgehead atoms. The number of para-hydroxylation sites is 1. The summed E-state index contributed by atoms with van der Waals surface area (Å²) in [4.78, 5) is 16.5. The topological polar surface area (TPSA) is 65.7 Å². The molecular formula is C21H16ClN3O3. The summed E-state index contributed by atoms with van der Waals surface area (Å²) in [6, 6.07) is 14.8. The molecule has 2 heterocycles. The Bertz CT molecular complexity index is 1100. The van der Waals surface area contributed by atoms with E-state index >= 15 is 0 Å². The lowest BCUT2D eigenvalue weighted by Gasteiger charge is -2.05. The summed E-state index contributed by atoms with van der Waals surface area (Å²) in [7, 11) is 1.56. The smallest absolute Gasteiger partial charge is 0.363 e. The molecule has 7 heteroatoms. The summed E-state index contributed by atoms with van der Waals surface area (Å²) >= 11 is 6.19. The molecular weight excluding hydrogens is 378 g/mol. The second-order valence-corrected chi connectivity index (χ2v) is 6.51. The van der Waals surface area contributed by atoms with Crippen molar-refractivity contribution in [1.82, 2.24) is 9.78 Å². The molecule has 0 spiro atoms. The van der Waals surface area contributed by atoms with Gasteiger partial charge in [-0.05, 0) is 29.8 Å². The minimum Gasteiger partial charge on any atom is -0.496 e. The van der Waals surface area contributed by atoms with Crippen molar-refractivity contribution in [3.05, 3.63) is 88.3 Å². The zero-order chi connectivity index (χ0) is 19.5. The Kier molecular flexibility index (Phi) is 4.95. The average molecular weight is 394 g/mol. The van der Waals surface area contributed by atoms with Crippen LogP contribution in [0, 0.1) is 0 Å². The van der Waals surface area contributed by atoms with Gasteiger partial charge in [-0.3, -0.25) is 4.68 Å². The number of aliphatic imine (C=N–C) groups is 1. The Labute approximate surface area is 166 Å². The number of hydrogen-bond acceptors (Lipinski definition) is 5. The third-order valence-electron chi connectivity index (χ3n) is 4.20. The van der Waals surface area contributed by atoms with Crippen molar-refractivity contribution in [2.24, 2.45) is 4.99 Å². The van der Waals surface area contributed by atoms with Gasteiger partial charge >= 0.3 is 5.97 Å². The molecule has 0 N–H and O–H groups in total. The van der Waals surface area contributed by atoms with Gasteiger partial charge in [0.05, 0.1) is 25.4 Å². The lowest BCUT2D eigenvalue weighted by molar-refractivity contribution is -0.129. The molecule has 1 aliphatic heterocycles. The lowest BCUT2D eigenvalue weighted by atomic mass is 10.2. The first-order valence-electron chi connectivity index (χ1n) is 8.56. The summed E-state index contributed by atoms with van der Waals surface area (Å²) in [5.74, 6) is 0.291. The Morgan fingerprint density at radius 1 is 1.18 bits per heavy atom. The molecule has 6 nitrogen and oxygen atoms in total. The highest BCUT2D eigenvalue weighted by atomic mass is 35.5. The monoisotopic (exact) mass is 393 g/mol. The Hall–Kier alpha value is -3.38. The number of hydrogen-bond donors (Lipinski definition) is 0. The van der Waals surface area contributed by atoms with Crippen molar-refractivity contribution in [3.8, 4) is 5.75 Å². The highest BCUT2D eigenvalue weighted by Crippen LogP contribution is 2.25. The Morgan fingerprint density at radius 2 is 1.96 bits per heavy atom. The molecule has 0 radical (unpaired) electrons. The molecule has 28 heavy (non-hydrogen) atoms. The maximum Gasteiger partial charge on any atom is 0.363 e. The molecule has 0 saturated heterocycles. The summed E-state index contributed by atoms with van der Waals surface area (Å²) in [5, 5.41) is 5.00. The number of esters is 1. The fraction of sp³-hybridized carbons (Fsp3) is 0.0952. The molecule has 140 valence electrons. The van der Waals surface area contributed by atoms with Crippen LogP contribution in [-0.4, -0.2) is 28.8 Å². The second kappa shape index (κ2) is 7.70. The van der Waals surface area contributed by atoms with Gasteiger partial charge in [0.2, 0.25) is 5.90 Å². The third-order valence-corrected chi connectivity index (χ3v) is 4.57. The van der Waals surface area contributed by atoms with Crippen LogP contribution in [0.2, 0.25) is 5.02 Å². The maximum atomic E-state index is 12.2. The first-order chi connectivity index (χ1) is 13.6. The zero-order valence-electron chi connectivity index (χ0n) is 15.0. The number of halogens is 1. The van der Waals surface area contributed by atoms with E-state index in [0.29, 0.717) is 22.9 Å². The fourth-order valence-electron chi connectivity index (χ4n) is 2.85. The average Bonchev–Trinajstić information content (AvgIpc) is 3.30. The number of ether oxygens (including phenoxy) is 2. The predicted molar refractivity (Wildman–Crippen MR) is 106 cm³/mol. The van der Waals surface area contributed by atoms with Crippen LogP contribution in [0.1, 0.15) is 16.7 Å². The lowest BCUT2D eigenvalue weighted by Crippen LogP contribution is -2.06. The van der Waals surface area contributed by atoms with Crippen molar-refractivity contribution in [2.75, 3.05) is 7.11 Å². The summed E-state index contributed by atoms with van der Waals surface area (Å²) < 4.78 is 12.4. The fourth-order valence-corrected chi connectivity index (χ4v) is 3.04. The van der Waals surface area contributed by atoms with Gasteiger partial charge in [-0.15, -0.1) is 0 Å². The molecule has 1 aliphatic rings. The van der Waals surface area contributed by atoms with Gasteiger partial charge < -0.3 is 9.47 Å². The number of carbonyl (C=O) groups is 1. The molecule has 0 saturated carbocycles. The minimum absolute atomic E-state index is 0.207. The number of methoxy groups -OCH3 is 1. The summed E-state index contributed by atoms with van der Waals surface area (Å²) in [6.07, 6.45) is 5.12. The van der Waals surface area contributed by atoms with Gasteiger partial charge in [0, 0.05) is 16.8 Å². The number of carbonyl (C=O) groups excluding carboxylic acids is 1. The molecule has 2 aromatic carbocycles. The van der Waals surface area contributed by atoms with Crippen LogP contribution in [0.5, 0.6) is 5.75 Å². The highest BCUT2D eigenvalue weighted by Gasteiger charge is 2.26. The molecule has 0 atom stereocenters. The minimum atomic E-state index is -0.514. The van der Waals surface area contributed by atoms with Crippen LogP contribution in [0.4, 0.5) is 0 Å². The van der Waals surface area contributed by atoms with Crippen molar-refractivity contribution in [3.63, 3.8) is 0 Å². The second-order valence-electron chi connectivity index (χ2n) is 6.10. The van der Waals surface area contributed by atoms with Gasteiger partial charge in [-0.1, -0.05) is 41.9 Å². The SMILES string of the molecule is COc1ccccc1C1=N/C(=C/c2cnn(Cc3ccccc3Cl)c2)C(=O)O1. The van der Waals surface area contributed by atoms with Crippen molar-refractivity contribution in [1.29, 1.82) is 0 Å². The van der Waals surface area contributed by atoms with Gasteiger partial charge in [0.1, 0.15) is 5.75 Å². The summed E-state index contributed by atoms with van der Waals surface area (Å²) in [6.45, 7) is 0.531. The predicted octanol–water partition coefficient (Wildman–Crippen LogP) is 3.94. The van der Waals surface area contributed by atoms with Crippen LogP contribution in [0.3, 0.4) is 0 Å². The van der Waals surface area contributed by atoms with Crippen LogP contribution in [-0.2, 0) is 16.1 Å². The molecule has 0 aliphatic carbocycles. The van der Waals surface area contributed by atoms with E-state index in [1.54, 1.807) is 36.2 Å². The molecule has 0 unspecified atom stereocenters. The number of cyclic esters (lactones) is 1. The maximum absolute atomic E-state index is 12.2. The van der Waals surface area contributed by atoms with Gasteiger partial charge in [-0.2, -0.15) is 5.10 Å². The van der Waals surface area contributed by atoms with Crippen LogP contribution in [0.15, 0.2) is 71.6 Å². The number of nitrogens with zero attached hydrogens (tertiary/aromatic N) is 3. The quantitative estimate of drug-likeness (QED) is 0.486. The van der Waals surface area contributed by atoms with Crippen molar-refractivity contribution < 1.29 is 14.3 Å². The van der Waals surface area contributed by atoms with Crippen LogP contribution in [0.25, 0.3) is 6.08 Å². The molecule has 1 aromatic heterocycles. The highest BCUT2D eigenvalue weighted by molar-refractivity contribution is 6.31. The van der Waals surface area contributed by atoms with Crippen LogP contribution < -0.4 is 4.74 Å². The van der Waals surface area contributed by atoms with Crippen molar-refractivity contribution in [2.45, 2.75) is 6.54 Å². The largest absolute Gasteiger partial charge is 0.496 e. The first kappa shape index (κ1) is 18.0. The van der Waals surface area contributed by atoms with E-state index in [0.717, 1.165) is 11.1 Å². The first-order valence-corrected chi connectivity index (χ1v) is 8.93. The zero-order valence-corrected chi connectivity index (χ0v) is 15.8. The molecule has 4 rings (SSSR count). The van der Waals surface area contributed by atoms with Gasteiger partial charge in [-0.25, -0.2) is 9.79 Å². The van der Waals surface area contributed by atoms with E-state index in [9.17, 15) is 4.79 Å². The van der Waals surface area contributed by atoms with E-state index in [-0.39, 0.29) is 11.6 Å². The third kappa shape index (κ3) is 3.68. The number of benzene rings is 2. The van der Waals surface area contributed by atoms with E-state index in [4.69, 9.17) is 21.1 Å². The number of aromatic nitrogens is 2. The standard InChI is InChI=1S/C21H16ClN3O3/c1-27-19-9-5-3-7-16(19)20-24-18(21(26)28-20)10-14-11-23-25(12-14)13-15-6-2-4-8-17(15)22/h2-12H,13H2,1H3/b18-10+. The van der Waals surface area contributed by atoms with Gasteiger partial charge in [0.15, 0.2) is 5.70 Å². The van der Waals surface area contributed by atoms with Crippen molar-refractivity contribution >= 4 is 29.5 Å². The molecule has 0 fully saturated rings.